The Kier molecular flexibility index (Phi) is 3.69. The van der Waals surface area contributed by atoms with Crippen LogP contribution in [-0.2, 0) is 16.6 Å². The van der Waals surface area contributed by atoms with E-state index in [1.54, 1.807) is 6.07 Å². The lowest BCUT2D eigenvalue weighted by molar-refractivity contribution is 0.601. The molecule has 0 aliphatic heterocycles. The van der Waals surface area contributed by atoms with Gasteiger partial charge in [-0.05, 0) is 37.1 Å². The molecule has 0 radical (unpaired) electrons. The lowest BCUT2D eigenvalue weighted by Gasteiger charge is -2.06. The summed E-state index contributed by atoms with van der Waals surface area (Å²) >= 11 is 0. The molecule has 21 heavy (non-hydrogen) atoms. The largest absolute Gasteiger partial charge is 0.363 e. The van der Waals surface area contributed by atoms with Crippen LogP contribution in [0.15, 0.2) is 41.4 Å². The predicted octanol–water partition coefficient (Wildman–Crippen LogP) is 2.21. The molecule has 3 N–H and O–H groups in total. The van der Waals surface area contributed by atoms with Gasteiger partial charge in [-0.2, -0.15) is 0 Å². The van der Waals surface area contributed by atoms with Crippen molar-refractivity contribution in [3.05, 3.63) is 48.0 Å². The van der Waals surface area contributed by atoms with Crippen molar-refractivity contribution in [2.45, 2.75) is 30.3 Å². The number of hydrogen-bond acceptors (Lipinski definition) is 3. The second-order valence-electron chi connectivity index (χ2n) is 5.13. The molecular formula is C14H16FN3O2S. The first kappa shape index (κ1) is 14.1. The molecule has 1 aromatic carbocycles. The van der Waals surface area contributed by atoms with Crippen molar-refractivity contribution in [3.63, 3.8) is 0 Å². The second-order valence-corrected chi connectivity index (χ2v) is 6.81. The molecule has 2 aromatic rings. The fourth-order valence-electron chi connectivity index (χ4n) is 1.98. The number of hydrogen-bond donors (Lipinski definition) is 3. The lowest BCUT2D eigenvalue weighted by atomic mass is 10.3. The number of benzene rings is 1. The molecule has 1 heterocycles. The SMILES string of the molecule is O=S(=O)(Nc1cccc(F)c1)c1c[nH]c(CNC2CC2)c1. The number of H-pyrrole nitrogens is 1. The fourth-order valence-corrected chi connectivity index (χ4v) is 3.05. The van der Waals surface area contributed by atoms with Crippen LogP contribution in [-0.4, -0.2) is 19.4 Å². The first-order valence-electron chi connectivity index (χ1n) is 6.72. The minimum Gasteiger partial charge on any atom is -0.363 e. The van der Waals surface area contributed by atoms with Crippen LogP contribution in [0.5, 0.6) is 0 Å². The molecule has 0 unspecified atom stereocenters. The van der Waals surface area contributed by atoms with E-state index >= 15 is 0 Å². The molecule has 7 heteroatoms. The average molecular weight is 309 g/mol. The second kappa shape index (κ2) is 5.50. The third-order valence-corrected chi connectivity index (χ3v) is 4.62. The van der Waals surface area contributed by atoms with E-state index in [-0.39, 0.29) is 10.6 Å². The highest BCUT2D eigenvalue weighted by molar-refractivity contribution is 7.92. The van der Waals surface area contributed by atoms with Gasteiger partial charge in [-0.15, -0.1) is 0 Å². The summed E-state index contributed by atoms with van der Waals surface area (Å²) in [4.78, 5) is 3.07. The normalized spacial score (nSPS) is 15.1. The van der Waals surface area contributed by atoms with E-state index < -0.39 is 15.8 Å². The first-order valence-corrected chi connectivity index (χ1v) is 8.20. The molecule has 0 spiro atoms. The minimum absolute atomic E-state index is 0.138. The van der Waals surface area contributed by atoms with Crippen LogP contribution in [0.1, 0.15) is 18.5 Å². The van der Waals surface area contributed by atoms with Crippen LogP contribution in [0.25, 0.3) is 0 Å². The number of rotatable bonds is 6. The Morgan fingerprint density at radius 1 is 1.29 bits per heavy atom. The molecule has 112 valence electrons. The number of sulfonamides is 1. The van der Waals surface area contributed by atoms with Crippen molar-refractivity contribution >= 4 is 15.7 Å². The summed E-state index contributed by atoms with van der Waals surface area (Å²) in [6, 6.07) is 7.49. The van der Waals surface area contributed by atoms with Crippen LogP contribution < -0.4 is 10.0 Å². The van der Waals surface area contributed by atoms with Crippen molar-refractivity contribution in [3.8, 4) is 0 Å². The Morgan fingerprint density at radius 3 is 2.81 bits per heavy atom. The Labute approximate surface area is 122 Å². The number of aromatic nitrogens is 1. The monoisotopic (exact) mass is 309 g/mol. The number of halogens is 1. The molecule has 1 fully saturated rings. The van der Waals surface area contributed by atoms with Crippen molar-refractivity contribution in [2.24, 2.45) is 0 Å². The van der Waals surface area contributed by atoms with Gasteiger partial charge in [-0.1, -0.05) is 6.07 Å². The first-order chi connectivity index (χ1) is 10.0. The van der Waals surface area contributed by atoms with Gasteiger partial charge in [0.2, 0.25) is 0 Å². The molecule has 3 rings (SSSR count). The zero-order valence-corrected chi connectivity index (χ0v) is 12.1. The summed E-state index contributed by atoms with van der Waals surface area (Å²) in [5, 5.41) is 3.30. The summed E-state index contributed by atoms with van der Waals surface area (Å²) in [7, 11) is -3.71. The maximum atomic E-state index is 13.1. The summed E-state index contributed by atoms with van der Waals surface area (Å²) in [6.07, 6.45) is 3.78. The zero-order valence-electron chi connectivity index (χ0n) is 11.3. The predicted molar refractivity (Wildman–Crippen MR) is 77.9 cm³/mol. The van der Waals surface area contributed by atoms with Crippen LogP contribution in [0, 0.1) is 5.82 Å². The Bertz CT molecular complexity index is 738. The van der Waals surface area contributed by atoms with Crippen LogP contribution in [0.4, 0.5) is 10.1 Å². The van der Waals surface area contributed by atoms with Crippen molar-refractivity contribution in [2.75, 3.05) is 4.72 Å². The standard InChI is InChI=1S/C14H16FN3O2S/c15-10-2-1-3-12(6-10)18-21(19,20)14-7-13(17-9-14)8-16-11-4-5-11/h1-3,6-7,9,11,16-18H,4-5,8H2. The molecule has 0 atom stereocenters. The molecular weight excluding hydrogens is 293 g/mol. The van der Waals surface area contributed by atoms with E-state index in [0.29, 0.717) is 12.6 Å². The van der Waals surface area contributed by atoms with Gasteiger partial charge in [0.25, 0.3) is 10.0 Å². The van der Waals surface area contributed by atoms with Gasteiger partial charge in [-0.25, -0.2) is 12.8 Å². The highest BCUT2D eigenvalue weighted by Crippen LogP contribution is 2.20. The van der Waals surface area contributed by atoms with Crippen molar-refractivity contribution in [1.82, 2.24) is 10.3 Å². The molecule has 0 amide bonds. The van der Waals surface area contributed by atoms with E-state index in [1.165, 1.54) is 37.2 Å². The maximum absolute atomic E-state index is 13.1. The van der Waals surface area contributed by atoms with E-state index in [0.717, 1.165) is 11.8 Å². The quantitative estimate of drug-likeness (QED) is 0.766. The highest BCUT2D eigenvalue weighted by atomic mass is 32.2. The summed E-state index contributed by atoms with van der Waals surface area (Å²) in [5.74, 6) is -0.487. The zero-order chi connectivity index (χ0) is 14.9. The summed E-state index contributed by atoms with van der Waals surface area (Å²) < 4.78 is 39.8. The number of nitrogens with one attached hydrogen (secondary N) is 3. The average Bonchev–Trinajstić information content (AvgIpc) is 3.12. The van der Waals surface area contributed by atoms with Gasteiger partial charge in [0.1, 0.15) is 10.7 Å². The smallest absolute Gasteiger partial charge is 0.263 e. The molecule has 1 aliphatic carbocycles. The van der Waals surface area contributed by atoms with Gasteiger partial charge < -0.3 is 10.3 Å². The molecule has 1 aromatic heterocycles. The van der Waals surface area contributed by atoms with Crippen LogP contribution >= 0.6 is 0 Å². The van der Waals surface area contributed by atoms with Gasteiger partial charge >= 0.3 is 0 Å². The van der Waals surface area contributed by atoms with Gasteiger partial charge in [0, 0.05) is 24.5 Å². The Hall–Kier alpha value is -1.86. The van der Waals surface area contributed by atoms with Gasteiger partial charge in [0.15, 0.2) is 0 Å². The maximum Gasteiger partial charge on any atom is 0.263 e. The molecule has 0 bridgehead atoms. The molecule has 5 nitrogen and oxygen atoms in total. The number of anilines is 1. The number of aromatic amines is 1. The van der Waals surface area contributed by atoms with Crippen molar-refractivity contribution in [1.29, 1.82) is 0 Å². The summed E-state index contributed by atoms with van der Waals surface area (Å²) in [6.45, 7) is 0.611. The topological polar surface area (TPSA) is 74.0 Å². The molecule has 1 aliphatic rings. The highest BCUT2D eigenvalue weighted by Gasteiger charge is 2.21. The summed E-state index contributed by atoms with van der Waals surface area (Å²) in [5.41, 5.74) is 1.01. The molecule has 1 saturated carbocycles. The van der Waals surface area contributed by atoms with Crippen molar-refractivity contribution < 1.29 is 12.8 Å². The lowest BCUT2D eigenvalue weighted by Crippen LogP contribution is -2.15. The third-order valence-electron chi connectivity index (χ3n) is 3.26. The minimum atomic E-state index is -3.71. The van der Waals surface area contributed by atoms with Gasteiger partial charge in [-0.3, -0.25) is 4.72 Å². The van der Waals surface area contributed by atoms with E-state index in [1.807, 2.05) is 0 Å². The van der Waals surface area contributed by atoms with Gasteiger partial charge in [0.05, 0.1) is 5.69 Å². The molecule has 0 saturated heterocycles. The van der Waals surface area contributed by atoms with Crippen LogP contribution in [0.3, 0.4) is 0 Å². The Balaban J connectivity index is 1.71. The van der Waals surface area contributed by atoms with E-state index in [4.69, 9.17) is 0 Å². The Morgan fingerprint density at radius 2 is 2.10 bits per heavy atom. The fraction of sp³-hybridized carbons (Fsp3) is 0.286. The third kappa shape index (κ3) is 3.62. The van der Waals surface area contributed by atoms with E-state index in [2.05, 4.69) is 15.0 Å². The van der Waals surface area contributed by atoms with E-state index in [9.17, 15) is 12.8 Å². The van der Waals surface area contributed by atoms with Crippen LogP contribution in [0.2, 0.25) is 0 Å².